The normalized spacial score (nSPS) is 38.2. The second-order valence-corrected chi connectivity index (χ2v) is 4.27. The summed E-state index contributed by atoms with van der Waals surface area (Å²) in [6.45, 7) is 0. The van der Waals surface area contributed by atoms with Gasteiger partial charge in [-0.1, -0.05) is 44.3 Å². The van der Waals surface area contributed by atoms with E-state index >= 15 is 0 Å². The molecule has 2 rings (SSSR count). The number of hydrogen-bond acceptors (Lipinski definition) is 1. The van der Waals surface area contributed by atoms with Crippen LogP contribution in [0, 0.1) is 0 Å². The number of hydrogen-bond donors (Lipinski definition) is 0. The summed E-state index contributed by atoms with van der Waals surface area (Å²) >= 11 is 0. The molecule has 1 aliphatic heterocycles. The van der Waals surface area contributed by atoms with E-state index in [1.165, 1.54) is 51.4 Å². The lowest BCUT2D eigenvalue weighted by atomic mass is 10.0. The first-order valence-electron chi connectivity index (χ1n) is 5.79. The van der Waals surface area contributed by atoms with Gasteiger partial charge >= 0.3 is 0 Å². The Morgan fingerprint density at radius 3 is 2.62 bits per heavy atom. The summed E-state index contributed by atoms with van der Waals surface area (Å²) in [7, 11) is 0. The maximum absolute atomic E-state index is 5.54. The fourth-order valence-corrected chi connectivity index (χ4v) is 2.10. The Morgan fingerprint density at radius 2 is 1.69 bits per heavy atom. The van der Waals surface area contributed by atoms with Gasteiger partial charge in [0.15, 0.2) is 0 Å². The van der Waals surface area contributed by atoms with Gasteiger partial charge in [-0.15, -0.1) is 0 Å². The lowest BCUT2D eigenvalue weighted by molar-refractivity contribution is 0.372. The Morgan fingerprint density at radius 1 is 0.923 bits per heavy atom. The molecule has 0 aromatic rings. The first-order chi connectivity index (χ1) is 6.47. The topological polar surface area (TPSA) is 12.5 Å². The molecule has 1 heteroatoms. The van der Waals surface area contributed by atoms with Gasteiger partial charge in [0.1, 0.15) is 6.10 Å². The van der Waals surface area contributed by atoms with Crippen molar-refractivity contribution < 1.29 is 4.74 Å². The molecule has 0 radical (unpaired) electrons. The van der Waals surface area contributed by atoms with Crippen molar-refractivity contribution in [2.75, 3.05) is 0 Å². The zero-order valence-corrected chi connectivity index (χ0v) is 8.37. The summed E-state index contributed by atoms with van der Waals surface area (Å²) in [5.74, 6) is 0. The van der Waals surface area contributed by atoms with Crippen LogP contribution in [0.4, 0.5) is 0 Å². The van der Waals surface area contributed by atoms with Gasteiger partial charge in [-0.2, -0.15) is 0 Å². The monoisotopic (exact) mass is 180 g/mol. The fourth-order valence-electron chi connectivity index (χ4n) is 2.10. The molecule has 0 aromatic carbocycles. The predicted octanol–water partition coefficient (Wildman–Crippen LogP) is 3.44. The van der Waals surface area contributed by atoms with Crippen LogP contribution in [0.25, 0.3) is 0 Å². The Labute approximate surface area is 81.2 Å². The highest BCUT2D eigenvalue weighted by atomic mass is 16.6. The van der Waals surface area contributed by atoms with Crippen LogP contribution >= 0.6 is 0 Å². The van der Waals surface area contributed by atoms with E-state index in [9.17, 15) is 0 Å². The van der Waals surface area contributed by atoms with Crippen molar-refractivity contribution >= 4 is 0 Å². The quantitative estimate of drug-likeness (QED) is 0.411. The predicted molar refractivity (Wildman–Crippen MR) is 54.7 cm³/mol. The van der Waals surface area contributed by atoms with Gasteiger partial charge in [-0.25, -0.2) is 0 Å². The van der Waals surface area contributed by atoms with Crippen LogP contribution in [0.5, 0.6) is 0 Å². The van der Waals surface area contributed by atoms with Gasteiger partial charge in [0, 0.05) is 0 Å². The van der Waals surface area contributed by atoms with E-state index in [4.69, 9.17) is 4.74 Å². The highest BCUT2D eigenvalue weighted by Gasteiger charge is 2.35. The third-order valence-corrected chi connectivity index (χ3v) is 3.06. The van der Waals surface area contributed by atoms with Crippen LogP contribution in [0.2, 0.25) is 0 Å². The molecule has 1 saturated heterocycles. The van der Waals surface area contributed by atoms with Crippen molar-refractivity contribution in [3.63, 3.8) is 0 Å². The standard InChI is InChI=1S/C12H20O/c1-2-4-6-8-10-12-11(13-12)9-7-5-3-1/h7,9,11-12H,1-6,8,10H2/b9-7+. The van der Waals surface area contributed by atoms with Crippen LogP contribution in [0.3, 0.4) is 0 Å². The minimum atomic E-state index is 0.486. The molecule has 0 spiro atoms. The largest absolute Gasteiger partial charge is 0.365 e. The molecule has 0 saturated carbocycles. The van der Waals surface area contributed by atoms with E-state index < -0.39 is 0 Å². The molecule has 0 aromatic heterocycles. The van der Waals surface area contributed by atoms with Crippen LogP contribution < -0.4 is 0 Å². The minimum Gasteiger partial charge on any atom is -0.365 e. The molecule has 1 nitrogen and oxygen atoms in total. The van der Waals surface area contributed by atoms with E-state index in [0.29, 0.717) is 12.2 Å². The molecule has 0 amide bonds. The maximum Gasteiger partial charge on any atom is 0.102 e. The first-order valence-corrected chi connectivity index (χ1v) is 5.79. The second kappa shape index (κ2) is 4.80. The van der Waals surface area contributed by atoms with Crippen LogP contribution in [0.1, 0.15) is 51.4 Å². The molecule has 0 bridgehead atoms. The molecule has 13 heavy (non-hydrogen) atoms. The van der Waals surface area contributed by atoms with Crippen LogP contribution in [-0.4, -0.2) is 12.2 Å². The lowest BCUT2D eigenvalue weighted by Crippen LogP contribution is -1.92. The Kier molecular flexibility index (Phi) is 3.42. The summed E-state index contributed by atoms with van der Waals surface area (Å²) in [6.07, 6.45) is 16.6. The summed E-state index contributed by atoms with van der Waals surface area (Å²) < 4.78 is 5.54. The number of epoxide rings is 1. The molecule has 0 N–H and O–H groups in total. The zero-order chi connectivity index (χ0) is 8.93. The SMILES string of the molecule is C1=C/C2OC2CCCCCCCC/1. The first kappa shape index (κ1) is 9.26. The van der Waals surface area contributed by atoms with E-state index in [-0.39, 0.29) is 0 Å². The second-order valence-electron chi connectivity index (χ2n) is 4.27. The van der Waals surface area contributed by atoms with Crippen LogP contribution in [0.15, 0.2) is 12.2 Å². The number of rotatable bonds is 0. The van der Waals surface area contributed by atoms with Gasteiger partial charge < -0.3 is 4.74 Å². The van der Waals surface area contributed by atoms with E-state index in [1.54, 1.807) is 0 Å². The van der Waals surface area contributed by atoms with Gasteiger partial charge in [0.2, 0.25) is 0 Å². The average molecular weight is 180 g/mol. The highest BCUT2D eigenvalue weighted by molar-refractivity contribution is 5.02. The van der Waals surface area contributed by atoms with E-state index in [2.05, 4.69) is 12.2 Å². The third kappa shape index (κ3) is 3.15. The van der Waals surface area contributed by atoms with E-state index in [0.717, 1.165) is 0 Å². The van der Waals surface area contributed by atoms with E-state index in [1.807, 2.05) is 0 Å². The molecule has 74 valence electrons. The summed E-state index contributed by atoms with van der Waals surface area (Å²) in [4.78, 5) is 0. The number of ether oxygens (including phenoxy) is 1. The zero-order valence-electron chi connectivity index (χ0n) is 8.37. The highest BCUT2D eigenvalue weighted by Crippen LogP contribution is 2.29. The summed E-state index contributed by atoms with van der Waals surface area (Å²) in [5, 5.41) is 0. The maximum atomic E-state index is 5.54. The van der Waals surface area contributed by atoms with Crippen molar-refractivity contribution in [2.24, 2.45) is 0 Å². The number of allylic oxidation sites excluding steroid dienone is 1. The summed E-state index contributed by atoms with van der Waals surface area (Å²) in [6, 6.07) is 0. The number of fused-ring (bicyclic) bond motifs is 1. The Balaban J connectivity index is 1.75. The average Bonchev–Trinajstić information content (AvgIpc) is 2.83. The molecular formula is C12H20O. The van der Waals surface area contributed by atoms with Crippen LogP contribution in [-0.2, 0) is 4.74 Å². The lowest BCUT2D eigenvalue weighted by Gasteiger charge is -2.00. The van der Waals surface area contributed by atoms with Crippen molar-refractivity contribution in [3.05, 3.63) is 12.2 Å². The molecule has 2 atom stereocenters. The third-order valence-electron chi connectivity index (χ3n) is 3.06. The van der Waals surface area contributed by atoms with Gasteiger partial charge in [0.05, 0.1) is 6.10 Å². The van der Waals surface area contributed by atoms with Crippen molar-refractivity contribution in [1.82, 2.24) is 0 Å². The molecule has 1 fully saturated rings. The van der Waals surface area contributed by atoms with Crippen molar-refractivity contribution in [1.29, 1.82) is 0 Å². The smallest absolute Gasteiger partial charge is 0.102 e. The Bertz CT molecular complexity index is 174. The van der Waals surface area contributed by atoms with Crippen molar-refractivity contribution in [3.8, 4) is 0 Å². The molecular weight excluding hydrogens is 160 g/mol. The van der Waals surface area contributed by atoms with Gasteiger partial charge in [-0.05, 0) is 19.3 Å². The molecule has 1 heterocycles. The molecule has 1 aliphatic carbocycles. The van der Waals surface area contributed by atoms with Gasteiger partial charge in [-0.3, -0.25) is 0 Å². The van der Waals surface area contributed by atoms with Gasteiger partial charge in [0.25, 0.3) is 0 Å². The summed E-state index contributed by atoms with van der Waals surface area (Å²) in [5.41, 5.74) is 0. The minimum absolute atomic E-state index is 0.486. The molecule has 2 unspecified atom stereocenters. The molecule has 2 aliphatic rings. The fraction of sp³-hybridized carbons (Fsp3) is 0.833. The van der Waals surface area contributed by atoms with Crippen molar-refractivity contribution in [2.45, 2.75) is 63.6 Å². The Hall–Kier alpha value is -0.300.